The summed E-state index contributed by atoms with van der Waals surface area (Å²) in [6, 6.07) is 15.3. The maximum atomic E-state index is 12.9. The Balaban J connectivity index is 1.48. The van der Waals surface area contributed by atoms with Crippen LogP contribution in [0.1, 0.15) is 35.4 Å². The molecule has 0 saturated carbocycles. The highest BCUT2D eigenvalue weighted by atomic mass is 35.5. The number of fused-ring (bicyclic) bond motifs is 1. The quantitative estimate of drug-likeness (QED) is 0.554. The van der Waals surface area contributed by atoms with Crippen LogP contribution in [0, 0.1) is 0 Å². The molecule has 33 heavy (non-hydrogen) atoms. The van der Waals surface area contributed by atoms with Crippen molar-refractivity contribution in [2.45, 2.75) is 42.8 Å². The van der Waals surface area contributed by atoms with E-state index in [-0.39, 0.29) is 16.5 Å². The van der Waals surface area contributed by atoms with E-state index in [1.54, 1.807) is 12.1 Å². The van der Waals surface area contributed by atoms with Crippen LogP contribution in [0.25, 0.3) is 11.4 Å². The molecule has 2 aliphatic heterocycles. The summed E-state index contributed by atoms with van der Waals surface area (Å²) in [7, 11) is -4.12. The molecular formula is C24H24BClN2O4S. The molecule has 2 aromatic carbocycles. The molecule has 0 amide bonds. The highest BCUT2D eigenvalue weighted by molar-refractivity contribution is 7.91. The minimum atomic E-state index is -3.42. The molecule has 0 aliphatic carbocycles. The first-order chi connectivity index (χ1) is 15.9. The Bertz CT molecular complexity index is 1280. The molecule has 0 spiro atoms. The van der Waals surface area contributed by atoms with Crippen LogP contribution in [-0.2, 0) is 33.8 Å². The number of hydrogen-bond acceptors (Lipinski definition) is 6. The first kappa shape index (κ1) is 22.5. The van der Waals surface area contributed by atoms with Crippen molar-refractivity contribution in [1.82, 2.24) is 9.97 Å². The van der Waals surface area contributed by atoms with Gasteiger partial charge in [-0.05, 0) is 54.8 Å². The van der Waals surface area contributed by atoms with Crippen molar-refractivity contribution in [3.63, 3.8) is 0 Å². The van der Waals surface area contributed by atoms with E-state index in [9.17, 15) is 13.4 Å². The lowest BCUT2D eigenvalue weighted by molar-refractivity contribution is 0.301. The van der Waals surface area contributed by atoms with Gasteiger partial charge in [-0.15, -0.1) is 0 Å². The summed E-state index contributed by atoms with van der Waals surface area (Å²) >= 11 is 6.16. The zero-order chi connectivity index (χ0) is 23.0. The standard InChI is InChI=1S/C24H24BClN2O4S/c26-20-4-1-3-18(15-20)24-27-21-5-2-12-33(30,31)23(21)22(28-24)14-17-8-6-16(7-9-17)13-19-10-11-32-25(19)29/h1,3-4,6-9,15,19,29H,2,5,10-14H2. The average molecular weight is 483 g/mol. The van der Waals surface area contributed by atoms with E-state index in [0.717, 1.165) is 29.5 Å². The van der Waals surface area contributed by atoms with Gasteiger partial charge >= 0.3 is 7.12 Å². The van der Waals surface area contributed by atoms with Crippen LogP contribution in [0.3, 0.4) is 0 Å². The molecular weight excluding hydrogens is 459 g/mol. The van der Waals surface area contributed by atoms with Gasteiger partial charge in [0.1, 0.15) is 4.90 Å². The molecule has 6 nitrogen and oxygen atoms in total. The van der Waals surface area contributed by atoms with Crippen molar-refractivity contribution < 1.29 is 18.1 Å². The number of halogens is 1. The number of sulfone groups is 1. The zero-order valence-electron chi connectivity index (χ0n) is 18.1. The van der Waals surface area contributed by atoms with Crippen molar-refractivity contribution in [3.8, 4) is 11.4 Å². The second kappa shape index (κ2) is 9.18. The van der Waals surface area contributed by atoms with Gasteiger partial charge in [-0.1, -0.05) is 48.0 Å². The van der Waals surface area contributed by atoms with Crippen LogP contribution in [0.5, 0.6) is 0 Å². The molecule has 170 valence electrons. The van der Waals surface area contributed by atoms with E-state index in [0.29, 0.717) is 48.1 Å². The predicted octanol–water partition coefficient (Wildman–Crippen LogP) is 3.92. The van der Waals surface area contributed by atoms with Gasteiger partial charge in [-0.25, -0.2) is 18.4 Å². The summed E-state index contributed by atoms with van der Waals surface area (Å²) in [6.07, 6.45) is 3.17. The van der Waals surface area contributed by atoms with Crippen LogP contribution < -0.4 is 0 Å². The molecule has 1 aromatic heterocycles. The fourth-order valence-electron chi connectivity index (χ4n) is 4.60. The summed E-state index contributed by atoms with van der Waals surface area (Å²) in [6.45, 7) is 0.589. The van der Waals surface area contributed by atoms with Gasteiger partial charge in [0.25, 0.3) is 0 Å². The lowest BCUT2D eigenvalue weighted by Gasteiger charge is -2.20. The highest BCUT2D eigenvalue weighted by Gasteiger charge is 2.32. The largest absolute Gasteiger partial charge is 0.457 e. The first-order valence-electron chi connectivity index (χ1n) is 11.1. The molecule has 9 heteroatoms. The Hall–Kier alpha value is -2.26. The van der Waals surface area contributed by atoms with E-state index < -0.39 is 17.0 Å². The SMILES string of the molecule is O=S1(=O)CCCc2nc(-c3cccc(Cl)c3)nc(Cc3ccc(CC4CCOB4O)cc3)c21. The smallest absolute Gasteiger partial charge is 0.427 e. The third-order valence-electron chi connectivity index (χ3n) is 6.30. The van der Waals surface area contributed by atoms with Crippen molar-refractivity contribution in [3.05, 3.63) is 76.1 Å². The lowest BCUT2D eigenvalue weighted by atomic mass is 9.70. The molecule has 1 atom stereocenters. The molecule has 3 heterocycles. The zero-order valence-corrected chi connectivity index (χ0v) is 19.6. The van der Waals surface area contributed by atoms with E-state index in [1.165, 1.54) is 0 Å². The lowest BCUT2D eigenvalue weighted by Crippen LogP contribution is -2.21. The Kier molecular flexibility index (Phi) is 6.27. The maximum Gasteiger partial charge on any atom is 0.457 e. The Morgan fingerprint density at radius 2 is 1.91 bits per heavy atom. The van der Waals surface area contributed by atoms with E-state index in [1.807, 2.05) is 36.4 Å². The third kappa shape index (κ3) is 4.85. The molecule has 1 saturated heterocycles. The maximum absolute atomic E-state index is 12.9. The highest BCUT2D eigenvalue weighted by Crippen LogP contribution is 2.31. The minimum absolute atomic E-state index is 0.107. The number of nitrogens with zero attached hydrogens (tertiary/aromatic N) is 2. The summed E-state index contributed by atoms with van der Waals surface area (Å²) in [4.78, 5) is 9.61. The summed E-state index contributed by atoms with van der Waals surface area (Å²) in [5, 5.41) is 10.5. The Labute approximate surface area is 199 Å². The van der Waals surface area contributed by atoms with Gasteiger partial charge in [0.15, 0.2) is 15.7 Å². The molecule has 0 bridgehead atoms. The molecule has 1 N–H and O–H groups in total. The first-order valence-corrected chi connectivity index (χ1v) is 13.2. The second-order valence-electron chi connectivity index (χ2n) is 8.71. The number of aromatic nitrogens is 2. The van der Waals surface area contributed by atoms with Gasteiger partial charge in [0.2, 0.25) is 0 Å². The fourth-order valence-corrected chi connectivity index (χ4v) is 6.50. The molecule has 1 unspecified atom stereocenters. The van der Waals surface area contributed by atoms with Crippen molar-refractivity contribution in [2.75, 3.05) is 12.4 Å². The van der Waals surface area contributed by atoms with Crippen molar-refractivity contribution in [2.24, 2.45) is 0 Å². The molecule has 5 rings (SSSR count). The summed E-state index contributed by atoms with van der Waals surface area (Å²) in [5.74, 6) is 0.725. The fraction of sp³-hybridized carbons (Fsp3) is 0.333. The molecule has 1 fully saturated rings. The van der Waals surface area contributed by atoms with E-state index in [4.69, 9.17) is 21.2 Å². The average Bonchev–Trinajstić information content (AvgIpc) is 3.18. The summed E-state index contributed by atoms with van der Waals surface area (Å²) in [5.41, 5.74) is 3.98. The third-order valence-corrected chi connectivity index (χ3v) is 8.45. The second-order valence-corrected chi connectivity index (χ2v) is 11.2. The van der Waals surface area contributed by atoms with Crippen LogP contribution in [0.2, 0.25) is 10.8 Å². The Morgan fingerprint density at radius 1 is 1.12 bits per heavy atom. The number of aryl methyl sites for hydroxylation is 1. The van der Waals surface area contributed by atoms with Gasteiger partial charge < -0.3 is 9.68 Å². The van der Waals surface area contributed by atoms with Gasteiger partial charge in [-0.3, -0.25) is 0 Å². The van der Waals surface area contributed by atoms with Crippen LogP contribution >= 0.6 is 11.6 Å². The monoisotopic (exact) mass is 482 g/mol. The topological polar surface area (TPSA) is 89.4 Å². The van der Waals surface area contributed by atoms with Gasteiger partial charge in [0, 0.05) is 23.6 Å². The minimum Gasteiger partial charge on any atom is -0.427 e. The van der Waals surface area contributed by atoms with E-state index in [2.05, 4.69) is 4.98 Å². The Morgan fingerprint density at radius 3 is 2.64 bits per heavy atom. The van der Waals surface area contributed by atoms with Crippen LogP contribution in [-0.4, -0.2) is 42.9 Å². The van der Waals surface area contributed by atoms with Gasteiger partial charge in [0.05, 0.1) is 17.1 Å². The van der Waals surface area contributed by atoms with Crippen LogP contribution in [0.15, 0.2) is 53.4 Å². The van der Waals surface area contributed by atoms with E-state index >= 15 is 0 Å². The predicted molar refractivity (Wildman–Crippen MR) is 128 cm³/mol. The number of rotatable bonds is 5. The van der Waals surface area contributed by atoms with Gasteiger partial charge in [-0.2, -0.15) is 0 Å². The van der Waals surface area contributed by atoms with Crippen molar-refractivity contribution in [1.29, 1.82) is 0 Å². The normalized spacial score (nSPS) is 19.5. The molecule has 2 aliphatic rings. The number of benzene rings is 2. The number of hydrogen-bond donors (Lipinski definition) is 1. The van der Waals surface area contributed by atoms with Crippen LogP contribution in [0.4, 0.5) is 0 Å². The van der Waals surface area contributed by atoms with Crippen molar-refractivity contribution >= 4 is 28.6 Å². The summed E-state index contributed by atoms with van der Waals surface area (Å²) < 4.78 is 31.1. The molecule has 0 radical (unpaired) electrons. The molecule has 3 aromatic rings.